The summed E-state index contributed by atoms with van der Waals surface area (Å²) in [7, 11) is 0. The third-order valence-corrected chi connectivity index (χ3v) is 1.92. The van der Waals surface area contributed by atoms with Crippen LogP contribution in [0.25, 0.3) is 0 Å². The molecule has 1 atom stereocenters. The topological polar surface area (TPSA) is 38.9 Å². The molecule has 0 saturated carbocycles. The minimum Gasteiger partial charge on any atom is -0.383 e. The van der Waals surface area contributed by atoms with E-state index in [1.165, 1.54) is 0 Å². The van der Waals surface area contributed by atoms with Gasteiger partial charge in [-0.05, 0) is 24.0 Å². The highest BCUT2D eigenvalue weighted by Crippen LogP contribution is 2.22. The van der Waals surface area contributed by atoms with Crippen LogP contribution in [0.4, 0.5) is 5.82 Å². The van der Waals surface area contributed by atoms with Crippen LogP contribution in [0.5, 0.6) is 0 Å². The van der Waals surface area contributed by atoms with Gasteiger partial charge in [-0.3, -0.25) is 0 Å². The quantitative estimate of drug-likeness (QED) is 0.693. The minimum atomic E-state index is 0.413. The zero-order valence-electron chi connectivity index (χ0n) is 7.33. The van der Waals surface area contributed by atoms with E-state index >= 15 is 0 Å². The van der Waals surface area contributed by atoms with Crippen LogP contribution in [0.15, 0.2) is 31.0 Å². The smallest absolute Gasteiger partial charge is 0.126 e. The second-order valence-corrected chi connectivity index (χ2v) is 2.90. The van der Waals surface area contributed by atoms with E-state index in [9.17, 15) is 0 Å². The Morgan fingerprint density at radius 1 is 1.75 bits per heavy atom. The summed E-state index contributed by atoms with van der Waals surface area (Å²) < 4.78 is 0. The number of hydrogen-bond acceptors (Lipinski definition) is 2. The molecular formula is C10H14N2. The van der Waals surface area contributed by atoms with Crippen molar-refractivity contribution in [1.29, 1.82) is 0 Å². The third-order valence-electron chi connectivity index (χ3n) is 1.92. The highest BCUT2D eigenvalue weighted by atomic mass is 14.8. The number of rotatable bonds is 3. The zero-order chi connectivity index (χ0) is 8.97. The second-order valence-electron chi connectivity index (χ2n) is 2.90. The highest BCUT2D eigenvalue weighted by Gasteiger charge is 2.06. The predicted octanol–water partition coefficient (Wildman–Crippen LogP) is 2.34. The fourth-order valence-corrected chi connectivity index (χ4v) is 1.22. The summed E-state index contributed by atoms with van der Waals surface area (Å²) in [4.78, 5) is 4.03. The van der Waals surface area contributed by atoms with Crippen LogP contribution in [0.1, 0.15) is 24.8 Å². The number of anilines is 1. The number of pyridine rings is 1. The standard InChI is InChI=1S/C10H14N2/c1-3-5-8(2)9-6-4-7-12-10(9)11/h3-4,6-8H,1,5H2,2H3,(H2,11,12)/t8-/m0/s1. The van der Waals surface area contributed by atoms with Crippen molar-refractivity contribution < 1.29 is 0 Å². The Kier molecular flexibility index (Phi) is 2.86. The van der Waals surface area contributed by atoms with Crippen LogP contribution in [-0.4, -0.2) is 4.98 Å². The van der Waals surface area contributed by atoms with E-state index in [-0.39, 0.29) is 0 Å². The molecule has 1 aromatic rings. The Morgan fingerprint density at radius 2 is 2.50 bits per heavy atom. The van der Waals surface area contributed by atoms with Crippen LogP contribution in [-0.2, 0) is 0 Å². The lowest BCUT2D eigenvalue weighted by atomic mass is 9.99. The molecule has 0 aliphatic rings. The predicted molar refractivity (Wildman–Crippen MR) is 51.9 cm³/mol. The van der Waals surface area contributed by atoms with E-state index < -0.39 is 0 Å². The van der Waals surface area contributed by atoms with Crippen LogP contribution in [0.2, 0.25) is 0 Å². The molecule has 0 spiro atoms. The molecule has 0 aliphatic heterocycles. The molecule has 0 unspecified atom stereocenters. The van der Waals surface area contributed by atoms with Gasteiger partial charge >= 0.3 is 0 Å². The number of nitrogens with zero attached hydrogens (tertiary/aromatic N) is 1. The zero-order valence-corrected chi connectivity index (χ0v) is 7.33. The molecule has 2 nitrogen and oxygen atoms in total. The molecule has 1 rings (SSSR count). The van der Waals surface area contributed by atoms with Gasteiger partial charge in [-0.25, -0.2) is 4.98 Å². The summed E-state index contributed by atoms with van der Waals surface area (Å²) in [6, 6.07) is 3.92. The van der Waals surface area contributed by atoms with Gasteiger partial charge in [-0.2, -0.15) is 0 Å². The Hall–Kier alpha value is -1.31. The van der Waals surface area contributed by atoms with Gasteiger partial charge in [0.05, 0.1) is 0 Å². The van der Waals surface area contributed by atoms with Crippen molar-refractivity contribution in [3.8, 4) is 0 Å². The summed E-state index contributed by atoms with van der Waals surface area (Å²) in [5.74, 6) is 1.04. The highest BCUT2D eigenvalue weighted by molar-refractivity contribution is 5.40. The maximum absolute atomic E-state index is 5.71. The van der Waals surface area contributed by atoms with Crippen LogP contribution < -0.4 is 5.73 Å². The molecule has 0 aromatic carbocycles. The molecule has 0 radical (unpaired) electrons. The van der Waals surface area contributed by atoms with E-state index in [1.54, 1.807) is 6.20 Å². The van der Waals surface area contributed by atoms with E-state index in [4.69, 9.17) is 5.73 Å². The van der Waals surface area contributed by atoms with Crippen molar-refractivity contribution in [3.05, 3.63) is 36.5 Å². The van der Waals surface area contributed by atoms with Crippen LogP contribution in [0.3, 0.4) is 0 Å². The molecule has 0 amide bonds. The normalized spacial score (nSPS) is 12.4. The van der Waals surface area contributed by atoms with Gasteiger partial charge in [0.2, 0.25) is 0 Å². The first-order chi connectivity index (χ1) is 5.75. The van der Waals surface area contributed by atoms with Crippen LogP contribution >= 0.6 is 0 Å². The SMILES string of the molecule is C=CC[C@H](C)c1cccnc1N. The van der Waals surface area contributed by atoms with Gasteiger partial charge in [0.25, 0.3) is 0 Å². The number of hydrogen-bond donors (Lipinski definition) is 1. The maximum atomic E-state index is 5.71. The monoisotopic (exact) mass is 162 g/mol. The second kappa shape index (κ2) is 3.90. The van der Waals surface area contributed by atoms with E-state index in [1.807, 2.05) is 18.2 Å². The average molecular weight is 162 g/mol. The first-order valence-corrected chi connectivity index (χ1v) is 4.07. The summed E-state index contributed by atoms with van der Waals surface area (Å²) in [6.45, 7) is 5.81. The first kappa shape index (κ1) is 8.78. The van der Waals surface area contributed by atoms with Gasteiger partial charge in [0.1, 0.15) is 5.82 Å². The molecule has 1 heterocycles. The van der Waals surface area contributed by atoms with Gasteiger partial charge < -0.3 is 5.73 Å². The third kappa shape index (κ3) is 1.84. The molecule has 2 N–H and O–H groups in total. The maximum Gasteiger partial charge on any atom is 0.126 e. The van der Waals surface area contributed by atoms with Gasteiger partial charge in [0, 0.05) is 6.20 Å². The van der Waals surface area contributed by atoms with Crippen molar-refractivity contribution in [2.75, 3.05) is 5.73 Å². The molecule has 12 heavy (non-hydrogen) atoms. The molecule has 0 aliphatic carbocycles. The summed E-state index contributed by atoms with van der Waals surface area (Å²) in [5, 5.41) is 0. The lowest BCUT2D eigenvalue weighted by Gasteiger charge is -2.10. The first-order valence-electron chi connectivity index (χ1n) is 4.07. The number of aromatic nitrogens is 1. The van der Waals surface area contributed by atoms with E-state index in [0.29, 0.717) is 11.7 Å². The summed E-state index contributed by atoms with van der Waals surface area (Å²) in [6.07, 6.45) is 4.55. The number of nitrogen functional groups attached to an aromatic ring is 1. The summed E-state index contributed by atoms with van der Waals surface area (Å²) in [5.41, 5.74) is 6.82. The number of allylic oxidation sites excluding steroid dienone is 1. The largest absolute Gasteiger partial charge is 0.383 e. The van der Waals surface area contributed by atoms with Gasteiger partial charge in [-0.1, -0.05) is 19.1 Å². The minimum absolute atomic E-state index is 0.413. The average Bonchev–Trinajstić information content (AvgIpc) is 2.05. The Morgan fingerprint density at radius 3 is 3.08 bits per heavy atom. The fourth-order valence-electron chi connectivity index (χ4n) is 1.22. The lowest BCUT2D eigenvalue weighted by molar-refractivity contribution is 0.780. The van der Waals surface area contributed by atoms with Crippen molar-refractivity contribution in [1.82, 2.24) is 4.98 Å². The number of nitrogens with two attached hydrogens (primary N) is 1. The molecule has 64 valence electrons. The van der Waals surface area contributed by atoms with Crippen LogP contribution in [0, 0.1) is 0 Å². The van der Waals surface area contributed by atoms with E-state index in [2.05, 4.69) is 18.5 Å². The fraction of sp³-hybridized carbons (Fsp3) is 0.300. The molecule has 2 heteroatoms. The Balaban J connectivity index is 2.86. The Labute approximate surface area is 73.1 Å². The van der Waals surface area contributed by atoms with Crippen molar-refractivity contribution in [2.24, 2.45) is 0 Å². The molecule has 0 bridgehead atoms. The van der Waals surface area contributed by atoms with Gasteiger partial charge in [0.15, 0.2) is 0 Å². The van der Waals surface area contributed by atoms with Crippen molar-refractivity contribution in [2.45, 2.75) is 19.3 Å². The molecule has 0 fully saturated rings. The molecular weight excluding hydrogens is 148 g/mol. The van der Waals surface area contributed by atoms with Gasteiger partial charge in [-0.15, -0.1) is 6.58 Å². The van der Waals surface area contributed by atoms with E-state index in [0.717, 1.165) is 12.0 Å². The van der Waals surface area contributed by atoms with Crippen molar-refractivity contribution in [3.63, 3.8) is 0 Å². The molecule has 0 saturated heterocycles. The molecule has 1 aromatic heterocycles. The lowest BCUT2D eigenvalue weighted by Crippen LogP contribution is -2.00. The summed E-state index contributed by atoms with van der Waals surface area (Å²) >= 11 is 0. The Bertz CT molecular complexity index is 268. The van der Waals surface area contributed by atoms with Crippen molar-refractivity contribution >= 4 is 5.82 Å².